The van der Waals surface area contributed by atoms with Gasteiger partial charge in [0.1, 0.15) is 0 Å². The van der Waals surface area contributed by atoms with Crippen molar-refractivity contribution in [2.24, 2.45) is 5.73 Å². The first-order chi connectivity index (χ1) is 7.10. The Hall–Kier alpha value is -0.350. The highest BCUT2D eigenvalue weighted by Crippen LogP contribution is 2.22. The monoisotopic (exact) mass is 273 g/mol. The topological polar surface area (TPSA) is 43.8 Å². The van der Waals surface area contributed by atoms with Crippen LogP contribution in [0.4, 0.5) is 0 Å². The number of aryl methyl sites for hydroxylation is 2. The fourth-order valence-corrected chi connectivity index (χ4v) is 2.12. The van der Waals surface area contributed by atoms with Crippen molar-refractivity contribution in [2.75, 3.05) is 0 Å². The van der Waals surface area contributed by atoms with Crippen LogP contribution in [0.25, 0.3) is 0 Å². The highest BCUT2D eigenvalue weighted by Gasteiger charge is 2.12. The molecule has 0 aromatic carbocycles. The molecule has 0 saturated carbocycles. The number of halogens is 1. The lowest BCUT2D eigenvalue weighted by Gasteiger charge is -2.09. The molecule has 86 valence electrons. The van der Waals surface area contributed by atoms with Crippen LogP contribution in [-0.2, 0) is 13.0 Å². The molecule has 1 aromatic rings. The van der Waals surface area contributed by atoms with Crippen LogP contribution in [0.1, 0.15) is 38.1 Å². The maximum atomic E-state index is 5.92. The molecule has 1 heterocycles. The van der Waals surface area contributed by atoms with Gasteiger partial charge in [-0.2, -0.15) is 5.10 Å². The van der Waals surface area contributed by atoms with E-state index >= 15 is 0 Å². The lowest BCUT2D eigenvalue weighted by molar-refractivity contribution is 0.555. The molecular weight excluding hydrogens is 254 g/mol. The molecule has 0 aliphatic carbocycles. The van der Waals surface area contributed by atoms with E-state index in [0.717, 1.165) is 36.0 Å². The van der Waals surface area contributed by atoms with E-state index in [1.807, 2.05) is 6.92 Å². The molecule has 0 aliphatic heterocycles. The van der Waals surface area contributed by atoms with E-state index in [1.54, 1.807) is 0 Å². The summed E-state index contributed by atoms with van der Waals surface area (Å²) in [5, 5.41) is 4.46. The normalized spacial score (nSPS) is 13.1. The average molecular weight is 274 g/mol. The van der Waals surface area contributed by atoms with Crippen molar-refractivity contribution in [1.29, 1.82) is 0 Å². The van der Waals surface area contributed by atoms with Crippen LogP contribution >= 0.6 is 15.9 Å². The summed E-state index contributed by atoms with van der Waals surface area (Å²) >= 11 is 3.59. The zero-order chi connectivity index (χ0) is 11.4. The Morgan fingerprint density at radius 3 is 2.67 bits per heavy atom. The molecule has 4 heteroatoms. The van der Waals surface area contributed by atoms with Crippen molar-refractivity contribution in [1.82, 2.24) is 9.78 Å². The molecule has 0 aliphatic rings. The first-order valence-corrected chi connectivity index (χ1v) is 6.36. The minimum Gasteiger partial charge on any atom is -0.328 e. The van der Waals surface area contributed by atoms with Crippen molar-refractivity contribution in [3.05, 3.63) is 15.9 Å². The van der Waals surface area contributed by atoms with Gasteiger partial charge in [-0.25, -0.2) is 0 Å². The zero-order valence-electron chi connectivity index (χ0n) is 9.76. The smallest absolute Gasteiger partial charge is 0.0738 e. The maximum Gasteiger partial charge on any atom is 0.0738 e. The summed E-state index contributed by atoms with van der Waals surface area (Å²) < 4.78 is 3.20. The van der Waals surface area contributed by atoms with E-state index in [2.05, 4.69) is 39.6 Å². The Balaban J connectivity index is 2.74. The van der Waals surface area contributed by atoms with Gasteiger partial charge in [0, 0.05) is 12.6 Å². The first kappa shape index (κ1) is 12.7. The van der Waals surface area contributed by atoms with E-state index in [9.17, 15) is 0 Å². The summed E-state index contributed by atoms with van der Waals surface area (Å²) in [5.41, 5.74) is 8.27. The van der Waals surface area contributed by atoms with E-state index in [1.165, 1.54) is 5.69 Å². The van der Waals surface area contributed by atoms with E-state index in [0.29, 0.717) is 6.04 Å². The van der Waals surface area contributed by atoms with E-state index in [-0.39, 0.29) is 0 Å². The minimum absolute atomic E-state index is 0.303. The molecule has 1 aromatic heterocycles. The van der Waals surface area contributed by atoms with Crippen LogP contribution in [0.5, 0.6) is 0 Å². The Labute approximate surface area is 100 Å². The van der Waals surface area contributed by atoms with Gasteiger partial charge >= 0.3 is 0 Å². The standard InChI is InChI=1S/C11H20BrN3/c1-4-9(13)6-7-10-11(12)8(3)14-15(10)5-2/h9H,4-7,13H2,1-3H3. The molecule has 2 N–H and O–H groups in total. The molecule has 15 heavy (non-hydrogen) atoms. The predicted octanol–water partition coefficient (Wildman–Crippen LogP) is 2.64. The fraction of sp³-hybridized carbons (Fsp3) is 0.727. The van der Waals surface area contributed by atoms with Gasteiger partial charge in [-0.15, -0.1) is 0 Å². The summed E-state index contributed by atoms with van der Waals surface area (Å²) in [4.78, 5) is 0. The second-order valence-corrected chi connectivity index (χ2v) is 4.66. The van der Waals surface area contributed by atoms with Crippen LogP contribution in [0.15, 0.2) is 4.47 Å². The molecule has 0 radical (unpaired) electrons. The van der Waals surface area contributed by atoms with Gasteiger partial charge in [0.2, 0.25) is 0 Å². The molecule has 3 nitrogen and oxygen atoms in total. The van der Waals surface area contributed by atoms with Crippen molar-refractivity contribution in [2.45, 2.75) is 52.6 Å². The second kappa shape index (κ2) is 5.66. The number of hydrogen-bond donors (Lipinski definition) is 1. The van der Waals surface area contributed by atoms with E-state index < -0.39 is 0 Å². The van der Waals surface area contributed by atoms with Gasteiger partial charge < -0.3 is 5.73 Å². The van der Waals surface area contributed by atoms with E-state index in [4.69, 9.17) is 5.73 Å². The van der Waals surface area contributed by atoms with Crippen LogP contribution in [0.3, 0.4) is 0 Å². The molecule has 1 atom stereocenters. The van der Waals surface area contributed by atoms with Crippen molar-refractivity contribution >= 4 is 15.9 Å². The number of hydrogen-bond acceptors (Lipinski definition) is 2. The quantitative estimate of drug-likeness (QED) is 0.897. The third-order valence-electron chi connectivity index (χ3n) is 2.73. The Morgan fingerprint density at radius 2 is 2.13 bits per heavy atom. The summed E-state index contributed by atoms with van der Waals surface area (Å²) in [6.07, 6.45) is 3.07. The summed E-state index contributed by atoms with van der Waals surface area (Å²) in [7, 11) is 0. The number of rotatable bonds is 5. The van der Waals surface area contributed by atoms with Gasteiger partial charge in [0.25, 0.3) is 0 Å². The molecule has 0 bridgehead atoms. The van der Waals surface area contributed by atoms with Gasteiger partial charge in [-0.3, -0.25) is 4.68 Å². The van der Waals surface area contributed by atoms with Crippen molar-refractivity contribution < 1.29 is 0 Å². The van der Waals surface area contributed by atoms with Crippen molar-refractivity contribution in [3.8, 4) is 0 Å². The summed E-state index contributed by atoms with van der Waals surface area (Å²) in [6, 6.07) is 0.303. The van der Waals surface area contributed by atoms with Crippen LogP contribution < -0.4 is 5.73 Å². The third kappa shape index (κ3) is 3.05. The molecule has 0 fully saturated rings. The minimum atomic E-state index is 0.303. The van der Waals surface area contributed by atoms with Gasteiger partial charge in [0.05, 0.1) is 15.9 Å². The Kier molecular flexibility index (Phi) is 4.80. The summed E-state index contributed by atoms with van der Waals surface area (Å²) in [6.45, 7) is 7.19. The van der Waals surface area contributed by atoms with Gasteiger partial charge in [0.15, 0.2) is 0 Å². The number of nitrogens with two attached hydrogens (primary N) is 1. The molecule has 0 saturated heterocycles. The lowest BCUT2D eigenvalue weighted by atomic mass is 10.1. The summed E-state index contributed by atoms with van der Waals surface area (Å²) in [5.74, 6) is 0. The molecular formula is C11H20BrN3. The number of aromatic nitrogens is 2. The first-order valence-electron chi connectivity index (χ1n) is 5.57. The lowest BCUT2D eigenvalue weighted by Crippen LogP contribution is -2.20. The molecule has 0 amide bonds. The van der Waals surface area contributed by atoms with Crippen LogP contribution in [0, 0.1) is 6.92 Å². The highest BCUT2D eigenvalue weighted by molar-refractivity contribution is 9.10. The predicted molar refractivity (Wildman–Crippen MR) is 66.9 cm³/mol. The second-order valence-electron chi connectivity index (χ2n) is 3.87. The zero-order valence-corrected chi connectivity index (χ0v) is 11.3. The van der Waals surface area contributed by atoms with Crippen LogP contribution in [-0.4, -0.2) is 15.8 Å². The molecule has 1 unspecified atom stereocenters. The van der Waals surface area contributed by atoms with Crippen molar-refractivity contribution in [3.63, 3.8) is 0 Å². The Bertz CT molecular complexity index is 320. The third-order valence-corrected chi connectivity index (χ3v) is 3.76. The average Bonchev–Trinajstić information content (AvgIpc) is 2.52. The largest absolute Gasteiger partial charge is 0.328 e. The maximum absolute atomic E-state index is 5.92. The Morgan fingerprint density at radius 1 is 1.47 bits per heavy atom. The van der Waals surface area contributed by atoms with Crippen LogP contribution in [0.2, 0.25) is 0 Å². The number of nitrogens with zero attached hydrogens (tertiary/aromatic N) is 2. The fourth-order valence-electron chi connectivity index (χ4n) is 1.63. The highest BCUT2D eigenvalue weighted by atomic mass is 79.9. The molecule has 0 spiro atoms. The SMILES string of the molecule is CCC(N)CCc1c(Br)c(C)nn1CC. The molecule has 1 rings (SSSR count). The van der Waals surface area contributed by atoms with Gasteiger partial charge in [-0.1, -0.05) is 6.92 Å². The van der Waals surface area contributed by atoms with Gasteiger partial charge in [-0.05, 0) is 49.0 Å².